The second-order valence-corrected chi connectivity index (χ2v) is 10.3. The van der Waals surface area contributed by atoms with E-state index < -0.39 is 58.9 Å². The number of nitrogens with two attached hydrogens (primary N) is 1. The van der Waals surface area contributed by atoms with Crippen molar-refractivity contribution in [3.8, 4) is 5.75 Å². The zero-order valence-electron chi connectivity index (χ0n) is 22.6. The van der Waals surface area contributed by atoms with Crippen molar-refractivity contribution in [3.63, 3.8) is 0 Å². The summed E-state index contributed by atoms with van der Waals surface area (Å²) in [6.45, 7) is 5.91. The third-order valence-electron chi connectivity index (χ3n) is 7.78. The third kappa shape index (κ3) is 6.14. The van der Waals surface area contributed by atoms with Crippen molar-refractivity contribution in [2.24, 2.45) is 11.7 Å². The Kier molecular flexibility index (Phi) is 8.85. The zero-order valence-corrected chi connectivity index (χ0v) is 22.6. The summed E-state index contributed by atoms with van der Waals surface area (Å²) in [4.78, 5) is 30.7. The standard InChI is InChI=1S/C27H31F5N4O5/c1-14(36-8-10-39-11-9-36)13-40-22-17(4-5-18(28)21(22)29)20-15(2)26(3,27(30,31)32)41-23(20)25(38)35-16-6-7-34-19(12-16)24(33)37/h4-7,12,14-15,20,23H,8-11,13H2,1-3H3,(H2,33,37)(H,34,35,38)/t14-,15-,20-,23+,26+/m0/s1. The van der Waals surface area contributed by atoms with E-state index in [1.807, 2.05) is 11.8 Å². The maximum Gasteiger partial charge on any atom is 0.417 e. The topological polar surface area (TPSA) is 116 Å². The smallest absolute Gasteiger partial charge is 0.417 e. The van der Waals surface area contributed by atoms with Crippen molar-refractivity contribution < 1.29 is 45.8 Å². The van der Waals surface area contributed by atoms with Crippen LogP contribution in [0.3, 0.4) is 0 Å². The first-order chi connectivity index (χ1) is 19.2. The van der Waals surface area contributed by atoms with Crippen molar-refractivity contribution in [3.05, 3.63) is 53.4 Å². The van der Waals surface area contributed by atoms with E-state index in [9.17, 15) is 27.2 Å². The second kappa shape index (κ2) is 11.9. The van der Waals surface area contributed by atoms with Crippen LogP contribution in [0, 0.1) is 17.6 Å². The van der Waals surface area contributed by atoms with E-state index in [4.69, 9.17) is 19.9 Å². The van der Waals surface area contributed by atoms with Crippen LogP contribution in [0.15, 0.2) is 30.5 Å². The molecule has 3 heterocycles. The lowest BCUT2D eigenvalue weighted by atomic mass is 9.77. The molecule has 41 heavy (non-hydrogen) atoms. The van der Waals surface area contributed by atoms with E-state index in [0.717, 1.165) is 25.1 Å². The fourth-order valence-electron chi connectivity index (χ4n) is 5.16. The van der Waals surface area contributed by atoms with Gasteiger partial charge in [-0.15, -0.1) is 0 Å². The Labute approximate surface area is 233 Å². The number of nitrogens with one attached hydrogen (secondary N) is 1. The molecule has 2 amide bonds. The number of aromatic nitrogens is 1. The molecular formula is C27H31F5N4O5. The highest BCUT2D eigenvalue weighted by Crippen LogP contribution is 2.55. The number of halogens is 5. The highest BCUT2D eigenvalue weighted by Gasteiger charge is 2.66. The summed E-state index contributed by atoms with van der Waals surface area (Å²) in [5.41, 5.74) is 2.09. The van der Waals surface area contributed by atoms with Gasteiger partial charge in [0.1, 0.15) is 18.4 Å². The quantitative estimate of drug-likeness (QED) is 0.454. The average molecular weight is 587 g/mol. The number of pyridine rings is 1. The van der Waals surface area contributed by atoms with Crippen molar-refractivity contribution in [1.82, 2.24) is 9.88 Å². The lowest BCUT2D eigenvalue weighted by molar-refractivity contribution is -0.272. The van der Waals surface area contributed by atoms with Gasteiger partial charge in [-0.1, -0.05) is 13.0 Å². The van der Waals surface area contributed by atoms with Crippen molar-refractivity contribution >= 4 is 17.5 Å². The van der Waals surface area contributed by atoms with Crippen LogP contribution in [0.25, 0.3) is 0 Å². The van der Waals surface area contributed by atoms with Gasteiger partial charge in [-0.2, -0.15) is 17.6 Å². The molecule has 0 spiro atoms. The number of amides is 2. The summed E-state index contributed by atoms with van der Waals surface area (Å²) >= 11 is 0. The maximum atomic E-state index is 15.2. The van der Waals surface area contributed by atoms with Gasteiger partial charge in [-0.05, 0) is 32.0 Å². The molecule has 0 unspecified atom stereocenters. The zero-order chi connectivity index (χ0) is 30.1. The largest absolute Gasteiger partial charge is 0.488 e. The predicted molar refractivity (Wildman–Crippen MR) is 136 cm³/mol. The number of ether oxygens (including phenoxy) is 3. The molecular weight excluding hydrogens is 555 g/mol. The van der Waals surface area contributed by atoms with E-state index in [-0.39, 0.29) is 29.6 Å². The van der Waals surface area contributed by atoms with E-state index in [2.05, 4.69) is 10.3 Å². The number of carbonyl (C=O) groups excluding carboxylic acids is 2. The van der Waals surface area contributed by atoms with Crippen LogP contribution in [0.1, 0.15) is 42.7 Å². The Hall–Kier alpha value is -3.36. The summed E-state index contributed by atoms with van der Waals surface area (Å²) in [6.07, 6.45) is -5.53. The van der Waals surface area contributed by atoms with Gasteiger partial charge >= 0.3 is 6.18 Å². The molecule has 1 aromatic heterocycles. The van der Waals surface area contributed by atoms with Crippen molar-refractivity contribution in [1.29, 1.82) is 0 Å². The monoisotopic (exact) mass is 586 g/mol. The Bertz CT molecular complexity index is 1290. The first-order valence-electron chi connectivity index (χ1n) is 13.0. The number of morpholine rings is 1. The molecule has 3 N–H and O–H groups in total. The number of carbonyl (C=O) groups is 2. The van der Waals surface area contributed by atoms with Crippen molar-refractivity contribution in [2.45, 2.75) is 50.6 Å². The van der Waals surface area contributed by atoms with E-state index in [1.54, 1.807) is 0 Å². The molecule has 4 rings (SSSR count). The fourth-order valence-corrected chi connectivity index (χ4v) is 5.16. The predicted octanol–water partition coefficient (Wildman–Crippen LogP) is 3.64. The van der Waals surface area contributed by atoms with Crippen LogP contribution in [-0.2, 0) is 14.3 Å². The van der Waals surface area contributed by atoms with E-state index in [0.29, 0.717) is 26.3 Å². The summed E-state index contributed by atoms with van der Waals surface area (Å²) < 4.78 is 89.0. The minimum atomic E-state index is -4.92. The molecule has 2 fully saturated rings. The van der Waals surface area contributed by atoms with Crippen LogP contribution in [-0.4, -0.2) is 78.5 Å². The molecule has 14 heteroatoms. The minimum Gasteiger partial charge on any atom is -0.488 e. The number of anilines is 1. The van der Waals surface area contributed by atoms with Crippen LogP contribution >= 0.6 is 0 Å². The number of rotatable bonds is 8. The molecule has 9 nitrogen and oxygen atoms in total. The van der Waals surface area contributed by atoms with Crippen molar-refractivity contribution in [2.75, 3.05) is 38.2 Å². The van der Waals surface area contributed by atoms with Gasteiger partial charge in [0.05, 0.1) is 13.2 Å². The molecule has 0 radical (unpaired) electrons. The number of primary amides is 1. The first-order valence-corrected chi connectivity index (χ1v) is 13.0. The van der Waals surface area contributed by atoms with Gasteiger partial charge in [-0.3, -0.25) is 19.5 Å². The minimum absolute atomic E-state index is 0.0236. The molecule has 0 aliphatic carbocycles. The van der Waals surface area contributed by atoms with Crippen LogP contribution in [0.4, 0.5) is 27.6 Å². The molecule has 2 aliphatic rings. The number of alkyl halides is 3. The number of nitrogens with zero attached hydrogens (tertiary/aromatic N) is 2. The number of benzene rings is 1. The Morgan fingerprint density at radius 1 is 1.24 bits per heavy atom. The normalized spacial score (nSPS) is 26.0. The molecule has 1 aromatic carbocycles. The number of hydrogen-bond donors (Lipinski definition) is 2. The summed E-state index contributed by atoms with van der Waals surface area (Å²) in [6, 6.07) is 4.08. The lowest BCUT2D eigenvalue weighted by Crippen LogP contribution is -2.47. The molecule has 2 saturated heterocycles. The van der Waals surface area contributed by atoms with Crippen LogP contribution in [0.2, 0.25) is 0 Å². The highest BCUT2D eigenvalue weighted by atomic mass is 19.4. The molecule has 5 atom stereocenters. The Morgan fingerprint density at radius 3 is 2.56 bits per heavy atom. The maximum absolute atomic E-state index is 15.2. The second-order valence-electron chi connectivity index (χ2n) is 10.3. The van der Waals surface area contributed by atoms with Gasteiger partial charge in [-0.25, -0.2) is 4.39 Å². The van der Waals surface area contributed by atoms with Crippen LogP contribution < -0.4 is 15.8 Å². The summed E-state index contributed by atoms with van der Waals surface area (Å²) in [7, 11) is 0. The van der Waals surface area contributed by atoms with E-state index in [1.165, 1.54) is 19.2 Å². The molecule has 224 valence electrons. The van der Waals surface area contributed by atoms with Gasteiger partial charge in [0.2, 0.25) is 5.82 Å². The first kappa shape index (κ1) is 30.6. The summed E-state index contributed by atoms with van der Waals surface area (Å²) in [5.74, 6) is -7.95. The molecule has 0 bridgehead atoms. The molecule has 2 aliphatic heterocycles. The fraction of sp³-hybridized carbons (Fsp3) is 0.519. The molecule has 0 saturated carbocycles. The van der Waals surface area contributed by atoms with E-state index >= 15 is 4.39 Å². The third-order valence-corrected chi connectivity index (χ3v) is 7.78. The van der Waals surface area contributed by atoms with Gasteiger partial charge in [0, 0.05) is 48.4 Å². The Morgan fingerprint density at radius 2 is 1.93 bits per heavy atom. The average Bonchev–Trinajstić information content (AvgIpc) is 3.21. The number of hydrogen-bond acceptors (Lipinski definition) is 7. The van der Waals surface area contributed by atoms with Gasteiger partial charge < -0.3 is 25.3 Å². The van der Waals surface area contributed by atoms with Gasteiger partial charge in [0.15, 0.2) is 17.2 Å². The highest BCUT2D eigenvalue weighted by molar-refractivity contribution is 5.97. The van der Waals surface area contributed by atoms with Crippen LogP contribution in [0.5, 0.6) is 5.75 Å². The SMILES string of the molecule is C[C@@H](COc1c([C@H]2[C@H](C(=O)Nc3ccnc(C(N)=O)c3)O[C@@](C)(C(F)(F)F)[C@H]2C)ccc(F)c1F)N1CCOCC1. The Balaban J connectivity index is 1.70. The van der Waals surface area contributed by atoms with Gasteiger partial charge in [0.25, 0.3) is 11.8 Å². The summed E-state index contributed by atoms with van der Waals surface area (Å²) in [5, 5.41) is 2.42. The molecule has 2 aromatic rings. The lowest BCUT2D eigenvalue weighted by Gasteiger charge is -2.33.